The van der Waals surface area contributed by atoms with Crippen molar-refractivity contribution >= 4 is 12.6 Å². The van der Waals surface area contributed by atoms with Crippen LogP contribution in [0.15, 0.2) is 102 Å². The molecule has 0 unspecified atom stereocenters. The molecule has 2 heteroatoms. The Kier molecular flexibility index (Phi) is 4.52. The van der Waals surface area contributed by atoms with Gasteiger partial charge < -0.3 is 5.32 Å². The number of hydrogen-bond donors (Lipinski definition) is 2. The van der Waals surface area contributed by atoms with E-state index >= 15 is 0 Å². The van der Waals surface area contributed by atoms with Crippen LogP contribution in [0.4, 0.5) is 0 Å². The average molecular weight is 380 g/mol. The fourth-order valence-electron chi connectivity index (χ4n) is 3.68. The van der Waals surface area contributed by atoms with Gasteiger partial charge in [-0.3, -0.25) is 0 Å². The Bertz CT molecular complexity index is 1120. The van der Waals surface area contributed by atoms with Crippen LogP contribution in [0.2, 0.25) is 0 Å². The van der Waals surface area contributed by atoms with Crippen molar-refractivity contribution in [3.8, 4) is 33.4 Å². The first kappa shape index (κ1) is 17.3. The summed E-state index contributed by atoms with van der Waals surface area (Å²) in [5.74, 6) is 0. The van der Waals surface area contributed by atoms with Gasteiger partial charge in [-0.1, -0.05) is 72.8 Å². The molecular weight excluding hydrogens is 358 g/mol. The Balaban J connectivity index is 1.59. The number of hydrogen-bond acceptors (Lipinski definition) is 2. The molecule has 1 nitrogen and oxygen atoms in total. The third-order valence-corrected chi connectivity index (χ3v) is 5.66. The van der Waals surface area contributed by atoms with Gasteiger partial charge in [-0.25, -0.2) is 0 Å². The van der Waals surface area contributed by atoms with Gasteiger partial charge in [0, 0.05) is 17.5 Å². The number of thiol groups is 1. The van der Waals surface area contributed by atoms with E-state index < -0.39 is 0 Å². The monoisotopic (exact) mass is 379 g/mol. The molecule has 4 aromatic rings. The summed E-state index contributed by atoms with van der Waals surface area (Å²) in [5, 5.41) is 3.43. The first-order valence-electron chi connectivity index (χ1n) is 9.60. The van der Waals surface area contributed by atoms with Crippen LogP contribution in [0, 0.1) is 0 Å². The van der Waals surface area contributed by atoms with E-state index in [1.54, 1.807) is 0 Å². The van der Waals surface area contributed by atoms with Gasteiger partial charge in [-0.05, 0) is 63.2 Å². The first-order chi connectivity index (χ1) is 13.8. The topological polar surface area (TPSA) is 21.9 Å². The zero-order valence-electron chi connectivity index (χ0n) is 15.5. The smallest absolute Gasteiger partial charge is 0.0448 e. The van der Waals surface area contributed by atoms with Crippen LogP contribution in [0.5, 0.6) is 0 Å². The summed E-state index contributed by atoms with van der Waals surface area (Å²) in [5.41, 5.74) is 8.65. The van der Waals surface area contributed by atoms with E-state index in [4.69, 9.17) is 12.6 Å². The van der Waals surface area contributed by atoms with E-state index in [1.165, 1.54) is 33.4 Å². The molecule has 1 heterocycles. The standard InChI is InChI=1S/C26H21NS/c28-26-16-20(11-12-24(26)19-9-5-2-6-10-19)22-13-21(18-7-3-1-4-8-18)14-23(15-22)25-17-27-25/h1-16,25,27-28H,17H2/t25-/m0/s1. The van der Waals surface area contributed by atoms with Gasteiger partial charge in [0.25, 0.3) is 0 Å². The second kappa shape index (κ2) is 7.31. The third kappa shape index (κ3) is 3.49. The second-order valence-electron chi connectivity index (χ2n) is 7.27. The molecule has 1 saturated heterocycles. The van der Waals surface area contributed by atoms with Crippen molar-refractivity contribution in [1.29, 1.82) is 0 Å². The van der Waals surface area contributed by atoms with Gasteiger partial charge in [-0.15, -0.1) is 12.6 Å². The van der Waals surface area contributed by atoms with Crippen LogP contribution < -0.4 is 5.32 Å². The van der Waals surface area contributed by atoms with Gasteiger partial charge in [0.15, 0.2) is 0 Å². The largest absolute Gasteiger partial charge is 0.307 e. The molecule has 0 aliphatic carbocycles. The number of rotatable bonds is 4. The molecule has 5 rings (SSSR count). The molecule has 0 aromatic heterocycles. The van der Waals surface area contributed by atoms with Crippen LogP contribution in [-0.4, -0.2) is 6.54 Å². The predicted molar refractivity (Wildman–Crippen MR) is 121 cm³/mol. The molecule has 0 radical (unpaired) electrons. The van der Waals surface area contributed by atoms with E-state index in [9.17, 15) is 0 Å². The van der Waals surface area contributed by atoms with E-state index in [2.05, 4.69) is 96.3 Å². The highest BCUT2D eigenvalue weighted by atomic mass is 32.1. The minimum Gasteiger partial charge on any atom is -0.307 e. The fraction of sp³-hybridized carbons (Fsp3) is 0.0769. The molecular formula is C26H21NS. The lowest BCUT2D eigenvalue weighted by atomic mass is 9.94. The van der Waals surface area contributed by atoms with E-state index in [1.807, 2.05) is 6.07 Å². The Morgan fingerprint density at radius 1 is 0.607 bits per heavy atom. The fourth-order valence-corrected chi connectivity index (χ4v) is 4.03. The molecule has 0 saturated carbocycles. The zero-order valence-corrected chi connectivity index (χ0v) is 16.4. The van der Waals surface area contributed by atoms with Crippen LogP contribution in [0.3, 0.4) is 0 Å². The lowest BCUT2D eigenvalue weighted by Crippen LogP contribution is -1.90. The van der Waals surface area contributed by atoms with Gasteiger partial charge in [-0.2, -0.15) is 0 Å². The van der Waals surface area contributed by atoms with Gasteiger partial charge in [0.2, 0.25) is 0 Å². The highest BCUT2D eigenvalue weighted by Gasteiger charge is 2.23. The number of benzene rings is 4. The van der Waals surface area contributed by atoms with E-state index in [-0.39, 0.29) is 0 Å². The molecule has 1 atom stereocenters. The van der Waals surface area contributed by atoms with Gasteiger partial charge in [0.05, 0.1) is 0 Å². The molecule has 1 fully saturated rings. The van der Waals surface area contributed by atoms with Crippen molar-refractivity contribution in [1.82, 2.24) is 5.32 Å². The number of nitrogens with one attached hydrogen (secondary N) is 1. The normalized spacial score (nSPS) is 15.4. The Morgan fingerprint density at radius 2 is 1.21 bits per heavy atom. The first-order valence-corrected chi connectivity index (χ1v) is 10.1. The van der Waals surface area contributed by atoms with Gasteiger partial charge >= 0.3 is 0 Å². The van der Waals surface area contributed by atoms with E-state index in [0.717, 1.165) is 17.0 Å². The SMILES string of the molecule is Sc1cc(-c2cc(-c3ccccc3)cc([C@@H]3CN3)c2)ccc1-c1ccccc1. The summed E-state index contributed by atoms with van der Waals surface area (Å²) in [6.07, 6.45) is 0. The van der Waals surface area contributed by atoms with Crippen LogP contribution in [0.25, 0.3) is 33.4 Å². The molecule has 1 N–H and O–H groups in total. The Hall–Kier alpha value is -2.81. The maximum absolute atomic E-state index is 4.79. The molecule has 0 bridgehead atoms. The van der Waals surface area contributed by atoms with Crippen LogP contribution in [-0.2, 0) is 0 Å². The zero-order chi connectivity index (χ0) is 18.9. The molecule has 1 aliphatic heterocycles. The lowest BCUT2D eigenvalue weighted by molar-refractivity contribution is 1.08. The summed E-state index contributed by atoms with van der Waals surface area (Å²) in [6.45, 7) is 1.06. The summed E-state index contributed by atoms with van der Waals surface area (Å²) in [6, 6.07) is 35.0. The summed E-state index contributed by atoms with van der Waals surface area (Å²) in [4.78, 5) is 1.000. The maximum Gasteiger partial charge on any atom is 0.0448 e. The highest BCUT2D eigenvalue weighted by molar-refractivity contribution is 7.80. The molecule has 0 amide bonds. The minimum absolute atomic E-state index is 0.474. The van der Waals surface area contributed by atoms with Crippen molar-refractivity contribution in [2.45, 2.75) is 10.9 Å². The summed E-state index contributed by atoms with van der Waals surface area (Å²) >= 11 is 4.79. The highest BCUT2D eigenvalue weighted by Crippen LogP contribution is 2.35. The van der Waals surface area contributed by atoms with Crippen LogP contribution in [0.1, 0.15) is 11.6 Å². The van der Waals surface area contributed by atoms with Crippen LogP contribution >= 0.6 is 12.6 Å². The van der Waals surface area contributed by atoms with Crippen molar-refractivity contribution in [3.05, 3.63) is 103 Å². The minimum atomic E-state index is 0.474. The average Bonchev–Trinajstić information content (AvgIpc) is 3.60. The Labute approximate surface area is 171 Å². The van der Waals surface area contributed by atoms with Crippen molar-refractivity contribution in [2.75, 3.05) is 6.54 Å². The molecule has 1 aliphatic rings. The van der Waals surface area contributed by atoms with E-state index in [0.29, 0.717) is 6.04 Å². The predicted octanol–water partition coefficient (Wildman–Crippen LogP) is 6.62. The molecule has 136 valence electrons. The second-order valence-corrected chi connectivity index (χ2v) is 7.75. The van der Waals surface area contributed by atoms with Crippen molar-refractivity contribution in [2.24, 2.45) is 0 Å². The van der Waals surface area contributed by atoms with Crippen molar-refractivity contribution < 1.29 is 0 Å². The molecule has 28 heavy (non-hydrogen) atoms. The molecule has 0 spiro atoms. The molecule has 4 aromatic carbocycles. The maximum atomic E-state index is 4.79. The Morgan fingerprint density at radius 3 is 1.82 bits per heavy atom. The lowest BCUT2D eigenvalue weighted by Gasteiger charge is -2.12. The summed E-state index contributed by atoms with van der Waals surface area (Å²) in [7, 11) is 0. The quantitative estimate of drug-likeness (QED) is 0.302. The third-order valence-electron chi connectivity index (χ3n) is 5.29. The summed E-state index contributed by atoms with van der Waals surface area (Å²) < 4.78 is 0. The van der Waals surface area contributed by atoms with Gasteiger partial charge in [0.1, 0.15) is 0 Å². The van der Waals surface area contributed by atoms with Crippen molar-refractivity contribution in [3.63, 3.8) is 0 Å².